The van der Waals surface area contributed by atoms with E-state index in [0.29, 0.717) is 18.6 Å². The second kappa shape index (κ2) is 6.03. The Bertz CT molecular complexity index is 620. The summed E-state index contributed by atoms with van der Waals surface area (Å²) in [5.41, 5.74) is -0.980. The van der Waals surface area contributed by atoms with Crippen LogP contribution >= 0.6 is 0 Å². The van der Waals surface area contributed by atoms with Gasteiger partial charge in [0.05, 0.1) is 17.4 Å². The summed E-state index contributed by atoms with van der Waals surface area (Å²) < 4.78 is 32.0. The third-order valence-corrected chi connectivity index (χ3v) is 5.37. The van der Waals surface area contributed by atoms with Gasteiger partial charge in [-0.3, -0.25) is 4.79 Å². The van der Waals surface area contributed by atoms with Gasteiger partial charge in [-0.1, -0.05) is 18.9 Å². The number of methoxy groups -OCH3 is 1. The van der Waals surface area contributed by atoms with Gasteiger partial charge in [-0.25, -0.2) is 13.1 Å². The lowest BCUT2D eigenvalue weighted by molar-refractivity contribution is -0.148. The van der Waals surface area contributed by atoms with Gasteiger partial charge in [0.25, 0.3) is 0 Å². The molecule has 0 saturated heterocycles. The van der Waals surface area contributed by atoms with Crippen LogP contribution in [0.5, 0.6) is 5.75 Å². The SMILES string of the molecule is COc1cccc(S(=O)(=O)NCC2(C(=O)O)CCCC2)c1. The molecule has 1 fully saturated rings. The Morgan fingerprint density at radius 1 is 1.38 bits per heavy atom. The minimum atomic E-state index is -3.75. The van der Waals surface area contributed by atoms with Gasteiger partial charge in [0.15, 0.2) is 0 Å². The fraction of sp³-hybridized carbons (Fsp3) is 0.500. The van der Waals surface area contributed by atoms with Crippen molar-refractivity contribution in [2.24, 2.45) is 5.41 Å². The van der Waals surface area contributed by atoms with Gasteiger partial charge in [0.2, 0.25) is 10.0 Å². The zero-order valence-corrected chi connectivity index (χ0v) is 12.6. The number of hydrogen-bond acceptors (Lipinski definition) is 4. The molecule has 1 aliphatic carbocycles. The van der Waals surface area contributed by atoms with Crippen LogP contribution in [-0.2, 0) is 14.8 Å². The fourth-order valence-corrected chi connectivity index (χ4v) is 3.76. The summed E-state index contributed by atoms with van der Waals surface area (Å²) in [4.78, 5) is 11.5. The van der Waals surface area contributed by atoms with Crippen LogP contribution in [0.15, 0.2) is 29.2 Å². The maximum atomic E-state index is 12.3. The third kappa shape index (κ3) is 3.36. The lowest BCUT2D eigenvalue weighted by atomic mass is 9.87. The molecule has 116 valence electrons. The number of aliphatic carboxylic acids is 1. The normalized spacial score (nSPS) is 17.6. The van der Waals surface area contributed by atoms with Gasteiger partial charge in [-0.2, -0.15) is 0 Å². The second-order valence-corrected chi connectivity index (χ2v) is 7.06. The molecule has 0 aliphatic heterocycles. The van der Waals surface area contributed by atoms with Crippen molar-refractivity contribution in [3.8, 4) is 5.75 Å². The molecule has 0 unspecified atom stereocenters. The lowest BCUT2D eigenvalue weighted by Gasteiger charge is -2.23. The molecule has 6 nitrogen and oxygen atoms in total. The van der Waals surface area contributed by atoms with Crippen LogP contribution < -0.4 is 9.46 Å². The van der Waals surface area contributed by atoms with E-state index < -0.39 is 21.4 Å². The summed E-state index contributed by atoms with van der Waals surface area (Å²) in [6.07, 6.45) is 2.63. The molecule has 2 N–H and O–H groups in total. The van der Waals surface area contributed by atoms with Crippen LogP contribution in [0.25, 0.3) is 0 Å². The Labute approximate surface area is 124 Å². The first-order valence-electron chi connectivity index (χ1n) is 6.77. The zero-order chi connectivity index (χ0) is 15.5. The predicted octanol–water partition coefficient (Wildman–Crippen LogP) is 1.62. The monoisotopic (exact) mass is 313 g/mol. The summed E-state index contributed by atoms with van der Waals surface area (Å²) in [7, 11) is -2.29. The number of hydrogen-bond donors (Lipinski definition) is 2. The highest BCUT2D eigenvalue weighted by molar-refractivity contribution is 7.89. The Hall–Kier alpha value is -1.60. The summed E-state index contributed by atoms with van der Waals surface area (Å²) >= 11 is 0. The number of sulfonamides is 1. The predicted molar refractivity (Wildman–Crippen MR) is 76.7 cm³/mol. The van der Waals surface area contributed by atoms with Crippen LogP contribution in [0.4, 0.5) is 0 Å². The largest absolute Gasteiger partial charge is 0.497 e. The third-order valence-electron chi connectivity index (χ3n) is 3.97. The Morgan fingerprint density at radius 2 is 2.05 bits per heavy atom. The molecule has 0 aromatic heterocycles. The molecule has 1 aromatic rings. The molecule has 0 bridgehead atoms. The first-order chi connectivity index (χ1) is 9.89. The van der Waals surface area contributed by atoms with Crippen molar-refractivity contribution in [3.63, 3.8) is 0 Å². The van der Waals surface area contributed by atoms with Crippen LogP contribution in [0.3, 0.4) is 0 Å². The van der Waals surface area contributed by atoms with E-state index in [1.807, 2.05) is 0 Å². The Balaban J connectivity index is 2.15. The van der Waals surface area contributed by atoms with E-state index in [1.54, 1.807) is 12.1 Å². The molecular formula is C14H19NO5S. The van der Waals surface area contributed by atoms with Crippen LogP contribution in [0, 0.1) is 5.41 Å². The van der Waals surface area contributed by atoms with Crippen molar-refractivity contribution in [3.05, 3.63) is 24.3 Å². The van der Waals surface area contributed by atoms with E-state index in [4.69, 9.17) is 4.74 Å². The Kier molecular flexibility index (Phi) is 4.53. The van der Waals surface area contributed by atoms with E-state index in [0.717, 1.165) is 12.8 Å². The minimum Gasteiger partial charge on any atom is -0.497 e. The molecule has 0 amide bonds. The number of benzene rings is 1. The van der Waals surface area contributed by atoms with Crippen LogP contribution in [0.2, 0.25) is 0 Å². The first-order valence-corrected chi connectivity index (χ1v) is 8.25. The van der Waals surface area contributed by atoms with Crippen molar-refractivity contribution < 1.29 is 23.1 Å². The van der Waals surface area contributed by atoms with Gasteiger partial charge in [0.1, 0.15) is 5.75 Å². The molecule has 21 heavy (non-hydrogen) atoms. The van der Waals surface area contributed by atoms with Gasteiger partial charge in [0, 0.05) is 12.6 Å². The summed E-state index contributed by atoms with van der Waals surface area (Å²) in [6, 6.07) is 6.09. The molecule has 1 aliphatic rings. The highest BCUT2D eigenvalue weighted by Gasteiger charge is 2.42. The van der Waals surface area contributed by atoms with E-state index in [1.165, 1.54) is 19.2 Å². The average Bonchev–Trinajstić information content (AvgIpc) is 2.96. The van der Waals surface area contributed by atoms with E-state index in [2.05, 4.69) is 4.72 Å². The fourth-order valence-electron chi connectivity index (χ4n) is 2.60. The number of ether oxygens (including phenoxy) is 1. The van der Waals surface area contributed by atoms with Gasteiger partial charge in [-0.05, 0) is 25.0 Å². The smallest absolute Gasteiger partial charge is 0.310 e. The number of carbonyl (C=O) groups is 1. The van der Waals surface area contributed by atoms with E-state index >= 15 is 0 Å². The number of rotatable bonds is 6. The average molecular weight is 313 g/mol. The highest BCUT2D eigenvalue weighted by Crippen LogP contribution is 2.38. The number of carboxylic acid groups (broad SMARTS) is 1. The van der Waals surface area contributed by atoms with Crippen molar-refractivity contribution in [1.29, 1.82) is 0 Å². The van der Waals surface area contributed by atoms with Crippen LogP contribution in [-0.4, -0.2) is 33.1 Å². The quantitative estimate of drug-likeness (QED) is 0.832. The summed E-state index contributed by atoms with van der Waals surface area (Å²) in [6.45, 7) is -0.0815. The maximum Gasteiger partial charge on any atom is 0.310 e. The molecule has 0 spiro atoms. The molecule has 1 saturated carbocycles. The van der Waals surface area contributed by atoms with Crippen molar-refractivity contribution in [1.82, 2.24) is 4.72 Å². The summed E-state index contributed by atoms with van der Waals surface area (Å²) in [5.74, 6) is -0.500. The molecule has 1 aromatic carbocycles. The molecule has 0 radical (unpaired) electrons. The van der Waals surface area contributed by atoms with Crippen molar-refractivity contribution in [2.45, 2.75) is 30.6 Å². The second-order valence-electron chi connectivity index (χ2n) is 5.30. The topological polar surface area (TPSA) is 92.7 Å². The molecular weight excluding hydrogens is 294 g/mol. The first kappa shape index (κ1) is 15.8. The molecule has 2 rings (SSSR count). The maximum absolute atomic E-state index is 12.3. The molecule has 0 atom stereocenters. The van der Waals surface area contributed by atoms with Crippen molar-refractivity contribution in [2.75, 3.05) is 13.7 Å². The number of nitrogens with one attached hydrogen (secondary N) is 1. The molecule has 0 heterocycles. The highest BCUT2D eigenvalue weighted by atomic mass is 32.2. The van der Waals surface area contributed by atoms with E-state index in [-0.39, 0.29) is 11.4 Å². The van der Waals surface area contributed by atoms with Gasteiger partial charge < -0.3 is 9.84 Å². The van der Waals surface area contributed by atoms with Gasteiger partial charge >= 0.3 is 5.97 Å². The number of carboxylic acids is 1. The van der Waals surface area contributed by atoms with Crippen molar-refractivity contribution >= 4 is 16.0 Å². The molecule has 7 heteroatoms. The standard InChI is InChI=1S/C14H19NO5S/c1-20-11-5-4-6-12(9-11)21(18,19)15-10-14(13(16)17)7-2-3-8-14/h4-6,9,15H,2-3,7-8,10H2,1H3,(H,16,17). The lowest BCUT2D eigenvalue weighted by Crippen LogP contribution is -2.41. The minimum absolute atomic E-state index is 0.0698. The summed E-state index contributed by atoms with van der Waals surface area (Å²) in [5, 5.41) is 9.36. The van der Waals surface area contributed by atoms with E-state index in [9.17, 15) is 18.3 Å². The van der Waals surface area contributed by atoms with Crippen LogP contribution in [0.1, 0.15) is 25.7 Å². The zero-order valence-electron chi connectivity index (χ0n) is 11.8. The Morgan fingerprint density at radius 3 is 2.62 bits per heavy atom. The van der Waals surface area contributed by atoms with Gasteiger partial charge in [-0.15, -0.1) is 0 Å².